The SMILES string of the molecule is C[Si](C)(C)COP(=S)(Oc1ccccc1)Oc1ccccc1. The maximum Gasteiger partial charge on any atom is 0.434 e. The van der Waals surface area contributed by atoms with Crippen molar-refractivity contribution in [2.24, 2.45) is 0 Å². The number of hydrogen-bond donors (Lipinski definition) is 0. The van der Waals surface area contributed by atoms with Crippen LogP contribution in [-0.4, -0.2) is 14.3 Å². The van der Waals surface area contributed by atoms with Gasteiger partial charge >= 0.3 is 6.72 Å². The molecule has 0 aliphatic heterocycles. The maximum atomic E-state index is 5.95. The van der Waals surface area contributed by atoms with E-state index in [4.69, 9.17) is 25.4 Å². The first-order valence-electron chi connectivity index (χ1n) is 7.10. The average molecular weight is 352 g/mol. The topological polar surface area (TPSA) is 27.7 Å². The Balaban J connectivity index is 2.17. The summed E-state index contributed by atoms with van der Waals surface area (Å²) in [5.74, 6) is 1.33. The van der Waals surface area contributed by atoms with E-state index in [1.54, 1.807) is 0 Å². The summed E-state index contributed by atoms with van der Waals surface area (Å²) in [6.07, 6.45) is 0.601. The van der Waals surface area contributed by atoms with E-state index in [9.17, 15) is 0 Å². The van der Waals surface area contributed by atoms with Gasteiger partial charge in [0.25, 0.3) is 0 Å². The molecule has 0 aromatic heterocycles. The molecular formula is C16H21O3PSSi. The quantitative estimate of drug-likeness (QED) is 0.502. The summed E-state index contributed by atoms with van der Waals surface area (Å²) >= 11 is 5.60. The van der Waals surface area contributed by atoms with Crippen molar-refractivity contribution < 1.29 is 13.6 Å². The van der Waals surface area contributed by atoms with Gasteiger partial charge in [0.05, 0.1) is 8.07 Å². The third-order valence-corrected chi connectivity index (χ3v) is 5.91. The van der Waals surface area contributed by atoms with Gasteiger partial charge in [0.15, 0.2) is 0 Å². The van der Waals surface area contributed by atoms with Crippen molar-refractivity contribution in [3.05, 3.63) is 60.7 Å². The zero-order valence-electron chi connectivity index (χ0n) is 13.1. The average Bonchev–Trinajstić information content (AvgIpc) is 2.47. The lowest BCUT2D eigenvalue weighted by atomic mass is 10.3. The molecule has 0 N–H and O–H groups in total. The molecule has 3 nitrogen and oxygen atoms in total. The lowest BCUT2D eigenvalue weighted by Gasteiger charge is -2.26. The zero-order chi connectivity index (χ0) is 16.1. The molecule has 2 rings (SSSR count). The van der Waals surface area contributed by atoms with Crippen LogP contribution >= 0.6 is 6.72 Å². The van der Waals surface area contributed by atoms with Crippen molar-refractivity contribution in [2.75, 3.05) is 6.23 Å². The molecule has 0 saturated heterocycles. The first-order valence-corrected chi connectivity index (χ1v) is 13.4. The van der Waals surface area contributed by atoms with Crippen LogP contribution in [0.2, 0.25) is 19.6 Å². The lowest BCUT2D eigenvalue weighted by Crippen LogP contribution is -2.28. The normalized spacial score (nSPS) is 12.0. The van der Waals surface area contributed by atoms with E-state index in [1.165, 1.54) is 0 Å². The fourth-order valence-corrected chi connectivity index (χ4v) is 5.64. The highest BCUT2D eigenvalue weighted by Gasteiger charge is 2.28. The Bertz CT molecular complexity index is 583. The van der Waals surface area contributed by atoms with Gasteiger partial charge in [0.1, 0.15) is 11.5 Å². The van der Waals surface area contributed by atoms with E-state index in [0.29, 0.717) is 17.7 Å². The van der Waals surface area contributed by atoms with Crippen LogP contribution in [0, 0.1) is 0 Å². The van der Waals surface area contributed by atoms with Crippen LogP contribution in [0.15, 0.2) is 60.7 Å². The van der Waals surface area contributed by atoms with Crippen LogP contribution in [0.3, 0.4) is 0 Å². The first kappa shape index (κ1) is 17.2. The van der Waals surface area contributed by atoms with Gasteiger partial charge in [-0.1, -0.05) is 56.0 Å². The summed E-state index contributed by atoms with van der Waals surface area (Å²) < 4.78 is 17.8. The molecule has 2 aromatic rings. The molecule has 0 aliphatic rings. The van der Waals surface area contributed by atoms with Crippen LogP contribution in [0.5, 0.6) is 11.5 Å². The summed E-state index contributed by atoms with van der Waals surface area (Å²) in [6.45, 7) is 3.77. The zero-order valence-corrected chi connectivity index (χ0v) is 15.8. The fraction of sp³-hybridized carbons (Fsp3) is 0.250. The van der Waals surface area contributed by atoms with Gasteiger partial charge < -0.3 is 9.05 Å². The van der Waals surface area contributed by atoms with Crippen LogP contribution < -0.4 is 9.05 Å². The highest BCUT2D eigenvalue weighted by molar-refractivity contribution is 8.07. The monoisotopic (exact) mass is 352 g/mol. The molecular weight excluding hydrogens is 331 g/mol. The molecule has 0 amide bonds. The molecule has 0 spiro atoms. The molecule has 0 bridgehead atoms. The number of rotatable bonds is 7. The van der Waals surface area contributed by atoms with Crippen molar-refractivity contribution in [1.82, 2.24) is 0 Å². The van der Waals surface area contributed by atoms with Gasteiger partial charge in [-0.15, -0.1) is 0 Å². The summed E-state index contributed by atoms with van der Waals surface area (Å²) in [4.78, 5) is 0. The maximum absolute atomic E-state index is 5.95. The van der Waals surface area contributed by atoms with Crippen molar-refractivity contribution in [2.45, 2.75) is 19.6 Å². The molecule has 0 saturated carbocycles. The molecule has 2 aromatic carbocycles. The minimum Gasteiger partial charge on any atom is -0.416 e. The Hall–Kier alpha value is -1.13. The van der Waals surface area contributed by atoms with E-state index in [0.717, 1.165) is 0 Å². The minimum atomic E-state index is -2.89. The lowest BCUT2D eigenvalue weighted by molar-refractivity contribution is 0.299. The Kier molecular flexibility index (Phi) is 5.81. The van der Waals surface area contributed by atoms with Gasteiger partial charge in [-0.05, 0) is 24.3 Å². The number of hydrogen-bond acceptors (Lipinski definition) is 4. The van der Waals surface area contributed by atoms with Crippen molar-refractivity contribution in [1.29, 1.82) is 0 Å². The Morgan fingerprint density at radius 2 is 1.23 bits per heavy atom. The molecule has 22 heavy (non-hydrogen) atoms. The van der Waals surface area contributed by atoms with E-state index in [-0.39, 0.29) is 0 Å². The third-order valence-electron chi connectivity index (χ3n) is 2.58. The van der Waals surface area contributed by atoms with Crippen molar-refractivity contribution in [3.63, 3.8) is 0 Å². The van der Waals surface area contributed by atoms with E-state index in [1.807, 2.05) is 60.7 Å². The summed E-state index contributed by atoms with van der Waals surface area (Å²) in [7, 11) is -1.42. The second-order valence-electron chi connectivity index (χ2n) is 6.09. The highest BCUT2D eigenvalue weighted by Crippen LogP contribution is 2.50. The molecule has 6 heteroatoms. The Morgan fingerprint density at radius 3 is 1.59 bits per heavy atom. The summed E-state index contributed by atoms with van der Waals surface area (Å²) in [6, 6.07) is 18.9. The highest BCUT2D eigenvalue weighted by atomic mass is 32.5. The summed E-state index contributed by atoms with van der Waals surface area (Å²) in [5.41, 5.74) is 0. The third kappa shape index (κ3) is 5.93. The molecule has 0 aliphatic carbocycles. The molecule has 0 unspecified atom stereocenters. The second-order valence-corrected chi connectivity index (χ2v) is 14.4. The molecule has 118 valence electrons. The molecule has 0 heterocycles. The molecule has 0 fully saturated rings. The predicted octanol–water partition coefficient (Wildman–Crippen LogP) is 5.26. The second kappa shape index (κ2) is 7.42. The van der Waals surface area contributed by atoms with Gasteiger partial charge in [-0.25, -0.2) is 0 Å². The number of benzene rings is 2. The number of para-hydroxylation sites is 2. The van der Waals surface area contributed by atoms with E-state index in [2.05, 4.69) is 19.6 Å². The fourth-order valence-electron chi connectivity index (χ4n) is 1.56. The largest absolute Gasteiger partial charge is 0.434 e. The van der Waals surface area contributed by atoms with Crippen LogP contribution in [0.25, 0.3) is 0 Å². The van der Waals surface area contributed by atoms with E-state index >= 15 is 0 Å². The summed E-state index contributed by atoms with van der Waals surface area (Å²) in [5, 5.41) is 0. The van der Waals surface area contributed by atoms with Gasteiger partial charge in [0, 0.05) is 18.0 Å². The van der Waals surface area contributed by atoms with Gasteiger partial charge in [-0.3, -0.25) is 4.52 Å². The predicted molar refractivity (Wildman–Crippen MR) is 97.7 cm³/mol. The standard InChI is InChI=1S/C16H21O3PSSi/c1-22(2,3)14-17-20(21,18-15-10-6-4-7-11-15)19-16-12-8-5-9-13-16/h4-13H,14H2,1-3H3. The van der Waals surface area contributed by atoms with Gasteiger partial charge in [0.2, 0.25) is 0 Å². The Morgan fingerprint density at radius 1 is 0.818 bits per heavy atom. The van der Waals surface area contributed by atoms with Gasteiger partial charge in [-0.2, -0.15) is 0 Å². The van der Waals surface area contributed by atoms with Crippen molar-refractivity contribution in [3.8, 4) is 11.5 Å². The van der Waals surface area contributed by atoms with Crippen molar-refractivity contribution >= 4 is 26.6 Å². The van der Waals surface area contributed by atoms with Crippen LogP contribution in [-0.2, 0) is 16.3 Å². The smallest absolute Gasteiger partial charge is 0.416 e. The Labute approximate surface area is 138 Å². The molecule has 0 radical (unpaired) electrons. The van der Waals surface area contributed by atoms with Crippen LogP contribution in [0.1, 0.15) is 0 Å². The van der Waals surface area contributed by atoms with E-state index < -0.39 is 14.8 Å². The van der Waals surface area contributed by atoms with Crippen LogP contribution in [0.4, 0.5) is 0 Å². The first-order chi connectivity index (χ1) is 10.4. The minimum absolute atomic E-state index is 0.601. The molecule has 0 atom stereocenters.